The van der Waals surface area contributed by atoms with E-state index in [0.717, 1.165) is 5.56 Å². The number of carboxylic acid groups (broad SMARTS) is 1. The fourth-order valence-electron chi connectivity index (χ4n) is 1.85. The smallest absolute Gasteiger partial charge is 0.346 e. The molecule has 0 radical (unpaired) electrons. The quantitative estimate of drug-likeness (QED) is 0.378. The van der Waals surface area contributed by atoms with E-state index in [1.54, 1.807) is 42.5 Å². The molecular weight excluding hydrogens is 312 g/mol. The molecule has 7 nitrogen and oxygen atoms in total. The highest BCUT2D eigenvalue weighted by Gasteiger charge is 2.06. The maximum Gasteiger partial charge on any atom is 0.346 e. The van der Waals surface area contributed by atoms with Gasteiger partial charge < -0.3 is 9.84 Å². The lowest BCUT2D eigenvalue weighted by atomic mass is 10.1. The van der Waals surface area contributed by atoms with Crippen molar-refractivity contribution in [1.82, 2.24) is 0 Å². The molecular formula is C17H12N2O5. The number of nitriles is 1. The molecule has 0 aliphatic heterocycles. The zero-order valence-electron chi connectivity index (χ0n) is 12.4. The Bertz CT molecular complexity index is 818. The number of benzene rings is 2. The summed E-state index contributed by atoms with van der Waals surface area (Å²) in [6.45, 7) is 0.242. The van der Waals surface area contributed by atoms with Gasteiger partial charge in [-0.25, -0.2) is 4.79 Å². The van der Waals surface area contributed by atoms with Crippen LogP contribution in [-0.4, -0.2) is 16.0 Å². The second-order valence-corrected chi connectivity index (χ2v) is 4.76. The van der Waals surface area contributed by atoms with Crippen molar-refractivity contribution in [2.75, 3.05) is 0 Å². The van der Waals surface area contributed by atoms with Crippen LogP contribution in [0.3, 0.4) is 0 Å². The van der Waals surface area contributed by atoms with Gasteiger partial charge in [-0.2, -0.15) is 5.26 Å². The van der Waals surface area contributed by atoms with E-state index >= 15 is 0 Å². The first-order valence-electron chi connectivity index (χ1n) is 6.81. The predicted molar refractivity (Wildman–Crippen MR) is 85.1 cm³/mol. The summed E-state index contributed by atoms with van der Waals surface area (Å²) < 4.78 is 5.55. The number of carbonyl (C=O) groups is 1. The molecule has 0 heterocycles. The summed E-state index contributed by atoms with van der Waals surface area (Å²) in [5, 5.41) is 28.1. The average Bonchev–Trinajstić information content (AvgIpc) is 2.59. The molecule has 2 aromatic carbocycles. The SMILES string of the molecule is N#CC(=Cc1ccc(OCc2ccc([N+](=O)[O-])cc2)cc1)C(=O)O. The molecule has 0 aromatic heterocycles. The van der Waals surface area contributed by atoms with Gasteiger partial charge in [0.15, 0.2) is 0 Å². The van der Waals surface area contributed by atoms with Gasteiger partial charge in [-0.05, 0) is 41.5 Å². The van der Waals surface area contributed by atoms with E-state index < -0.39 is 10.9 Å². The number of hydrogen-bond donors (Lipinski definition) is 1. The molecule has 0 atom stereocenters. The Balaban J connectivity index is 2.00. The highest BCUT2D eigenvalue weighted by molar-refractivity contribution is 5.96. The molecule has 0 unspecified atom stereocenters. The fraction of sp³-hybridized carbons (Fsp3) is 0.0588. The van der Waals surface area contributed by atoms with Gasteiger partial charge in [-0.3, -0.25) is 10.1 Å². The van der Waals surface area contributed by atoms with Crippen molar-refractivity contribution >= 4 is 17.7 Å². The number of hydrogen-bond acceptors (Lipinski definition) is 5. The third kappa shape index (κ3) is 4.42. The zero-order chi connectivity index (χ0) is 17.5. The van der Waals surface area contributed by atoms with Crippen molar-refractivity contribution < 1.29 is 19.6 Å². The lowest BCUT2D eigenvalue weighted by Gasteiger charge is -2.06. The average molecular weight is 324 g/mol. The number of aliphatic carboxylic acids is 1. The molecule has 0 bridgehead atoms. The van der Waals surface area contributed by atoms with Gasteiger partial charge in [0.2, 0.25) is 0 Å². The highest BCUT2D eigenvalue weighted by Crippen LogP contribution is 2.17. The Kier molecular flexibility index (Phi) is 5.26. The predicted octanol–water partition coefficient (Wildman–Crippen LogP) is 3.17. The molecule has 120 valence electrons. The van der Waals surface area contributed by atoms with Crippen molar-refractivity contribution in [2.24, 2.45) is 0 Å². The van der Waals surface area contributed by atoms with Crippen LogP contribution in [0.15, 0.2) is 54.1 Å². The molecule has 0 amide bonds. The van der Waals surface area contributed by atoms with E-state index in [2.05, 4.69) is 0 Å². The summed E-state index contributed by atoms with van der Waals surface area (Å²) in [6.07, 6.45) is 1.27. The lowest BCUT2D eigenvalue weighted by molar-refractivity contribution is -0.384. The number of non-ortho nitro benzene ring substituents is 1. The van der Waals surface area contributed by atoms with Gasteiger partial charge in [0.05, 0.1) is 4.92 Å². The van der Waals surface area contributed by atoms with E-state index in [1.807, 2.05) is 0 Å². The Morgan fingerprint density at radius 2 is 1.83 bits per heavy atom. The molecule has 24 heavy (non-hydrogen) atoms. The van der Waals surface area contributed by atoms with Crippen LogP contribution in [0.1, 0.15) is 11.1 Å². The van der Waals surface area contributed by atoms with Crippen molar-refractivity contribution in [2.45, 2.75) is 6.61 Å². The molecule has 0 spiro atoms. The van der Waals surface area contributed by atoms with Crippen LogP contribution in [0.2, 0.25) is 0 Å². The number of nitro benzene ring substituents is 1. The molecule has 0 saturated carbocycles. The Morgan fingerprint density at radius 1 is 1.21 bits per heavy atom. The number of nitro groups is 1. The van der Waals surface area contributed by atoms with Gasteiger partial charge >= 0.3 is 5.97 Å². The van der Waals surface area contributed by atoms with E-state index in [1.165, 1.54) is 18.2 Å². The monoisotopic (exact) mass is 324 g/mol. The molecule has 0 aliphatic rings. The Hall–Kier alpha value is -3.66. The first kappa shape index (κ1) is 16.7. The van der Waals surface area contributed by atoms with Crippen LogP contribution in [0.5, 0.6) is 5.75 Å². The summed E-state index contributed by atoms with van der Waals surface area (Å²) in [7, 11) is 0. The molecule has 7 heteroatoms. The van der Waals surface area contributed by atoms with Crippen molar-refractivity contribution in [3.05, 3.63) is 75.3 Å². The van der Waals surface area contributed by atoms with Crippen LogP contribution < -0.4 is 4.74 Å². The largest absolute Gasteiger partial charge is 0.489 e. The van der Waals surface area contributed by atoms with Crippen LogP contribution in [0.25, 0.3) is 6.08 Å². The minimum Gasteiger partial charge on any atom is -0.489 e. The first-order chi connectivity index (χ1) is 11.5. The summed E-state index contributed by atoms with van der Waals surface area (Å²) >= 11 is 0. The van der Waals surface area contributed by atoms with Crippen LogP contribution in [-0.2, 0) is 11.4 Å². The van der Waals surface area contributed by atoms with Gasteiger partial charge in [0.25, 0.3) is 5.69 Å². The van der Waals surface area contributed by atoms with E-state index in [-0.39, 0.29) is 17.9 Å². The normalized spacial score (nSPS) is 10.7. The maximum atomic E-state index is 10.8. The topological polar surface area (TPSA) is 113 Å². The second-order valence-electron chi connectivity index (χ2n) is 4.76. The van der Waals surface area contributed by atoms with Crippen LogP contribution >= 0.6 is 0 Å². The standard InChI is InChI=1S/C17H12N2O5/c18-10-14(17(20)21)9-12-3-7-16(8-4-12)24-11-13-1-5-15(6-2-13)19(22)23/h1-9H,11H2,(H,20,21). The third-order valence-electron chi connectivity index (χ3n) is 3.09. The van der Waals surface area contributed by atoms with Crippen molar-refractivity contribution in [3.8, 4) is 11.8 Å². The van der Waals surface area contributed by atoms with Crippen molar-refractivity contribution in [3.63, 3.8) is 0 Å². The third-order valence-corrected chi connectivity index (χ3v) is 3.09. The molecule has 1 N–H and O–H groups in total. The summed E-state index contributed by atoms with van der Waals surface area (Å²) in [6, 6.07) is 14.2. The second kappa shape index (κ2) is 7.56. The van der Waals surface area contributed by atoms with E-state index in [0.29, 0.717) is 11.3 Å². The summed E-state index contributed by atoms with van der Waals surface area (Å²) in [5.74, 6) is -0.727. The number of carboxylic acids is 1. The molecule has 2 aromatic rings. The highest BCUT2D eigenvalue weighted by atomic mass is 16.6. The summed E-state index contributed by atoms with van der Waals surface area (Å²) in [4.78, 5) is 20.9. The minimum atomic E-state index is -1.28. The Morgan fingerprint density at radius 3 is 2.33 bits per heavy atom. The molecule has 2 rings (SSSR count). The van der Waals surface area contributed by atoms with Crippen LogP contribution in [0, 0.1) is 21.4 Å². The zero-order valence-corrected chi connectivity index (χ0v) is 12.4. The van der Waals surface area contributed by atoms with Crippen molar-refractivity contribution in [1.29, 1.82) is 5.26 Å². The maximum absolute atomic E-state index is 10.8. The van der Waals surface area contributed by atoms with E-state index in [4.69, 9.17) is 15.1 Å². The van der Waals surface area contributed by atoms with Gasteiger partial charge in [-0.1, -0.05) is 12.1 Å². The van der Waals surface area contributed by atoms with Crippen LogP contribution in [0.4, 0.5) is 5.69 Å². The Labute approximate surface area is 137 Å². The summed E-state index contributed by atoms with van der Waals surface area (Å²) in [5.41, 5.74) is 1.01. The van der Waals surface area contributed by atoms with Gasteiger partial charge in [0, 0.05) is 12.1 Å². The molecule has 0 saturated heterocycles. The van der Waals surface area contributed by atoms with Gasteiger partial charge in [0.1, 0.15) is 24.0 Å². The number of ether oxygens (including phenoxy) is 1. The number of nitrogens with zero attached hydrogens (tertiary/aromatic N) is 2. The van der Waals surface area contributed by atoms with E-state index in [9.17, 15) is 14.9 Å². The number of rotatable bonds is 6. The fourth-order valence-corrected chi connectivity index (χ4v) is 1.85. The molecule has 0 fully saturated rings. The molecule has 0 aliphatic carbocycles. The van der Waals surface area contributed by atoms with Gasteiger partial charge in [-0.15, -0.1) is 0 Å². The lowest BCUT2D eigenvalue weighted by Crippen LogP contribution is -1.97. The minimum absolute atomic E-state index is 0.0154. The first-order valence-corrected chi connectivity index (χ1v) is 6.81.